The number of aliphatic hydroxyl groups is 1. The zero-order valence-corrected chi connectivity index (χ0v) is 14.6. The molecule has 0 spiro atoms. The Balaban J connectivity index is 2.07. The minimum absolute atomic E-state index is 0.158. The fraction of sp³-hybridized carbons (Fsp3) is 0.579. The zero-order chi connectivity index (χ0) is 17.6. The molecule has 24 heavy (non-hydrogen) atoms. The Morgan fingerprint density at radius 1 is 1.17 bits per heavy atom. The zero-order valence-electron chi connectivity index (χ0n) is 14.6. The predicted molar refractivity (Wildman–Crippen MR) is 93.5 cm³/mol. The van der Waals surface area contributed by atoms with Gasteiger partial charge < -0.3 is 15.3 Å². The number of carbonyl (C=O) groups excluding carboxylic acids is 2. The second kappa shape index (κ2) is 8.29. The van der Waals surface area contributed by atoms with Crippen molar-refractivity contribution in [1.29, 1.82) is 0 Å². The number of nitrogens with one attached hydrogen (secondary N) is 1. The Labute approximate surface area is 144 Å². The van der Waals surface area contributed by atoms with Crippen molar-refractivity contribution in [2.75, 3.05) is 19.7 Å². The fourth-order valence-electron chi connectivity index (χ4n) is 3.10. The lowest BCUT2D eigenvalue weighted by Gasteiger charge is -2.27. The number of carbonyl (C=O) groups is 2. The number of nitrogens with zero attached hydrogens (tertiary/aromatic N) is 1. The lowest BCUT2D eigenvalue weighted by atomic mass is 9.94. The summed E-state index contributed by atoms with van der Waals surface area (Å²) in [7, 11) is 0. The maximum atomic E-state index is 12.7. The van der Waals surface area contributed by atoms with Crippen molar-refractivity contribution in [3.63, 3.8) is 0 Å². The van der Waals surface area contributed by atoms with Crippen LogP contribution in [0.15, 0.2) is 30.3 Å². The molecule has 0 aliphatic heterocycles. The van der Waals surface area contributed by atoms with Crippen LogP contribution < -0.4 is 5.32 Å². The second-order valence-electron chi connectivity index (χ2n) is 6.48. The highest BCUT2D eigenvalue weighted by Gasteiger charge is 2.51. The number of amides is 2. The summed E-state index contributed by atoms with van der Waals surface area (Å²) >= 11 is 0. The largest absolute Gasteiger partial charge is 0.394 e. The fourth-order valence-corrected chi connectivity index (χ4v) is 3.10. The first-order valence-corrected chi connectivity index (χ1v) is 8.85. The summed E-state index contributed by atoms with van der Waals surface area (Å²) in [6, 6.07) is 8.79. The van der Waals surface area contributed by atoms with Crippen LogP contribution in [0.4, 0.5) is 0 Å². The molecule has 1 aliphatic rings. The van der Waals surface area contributed by atoms with E-state index < -0.39 is 11.5 Å². The highest BCUT2D eigenvalue weighted by Crippen LogP contribution is 2.48. The lowest BCUT2D eigenvalue weighted by molar-refractivity contribution is -0.138. The third-order valence-electron chi connectivity index (χ3n) is 4.60. The molecule has 0 heterocycles. The molecule has 5 nitrogen and oxygen atoms in total. The highest BCUT2D eigenvalue weighted by atomic mass is 16.3. The average molecular weight is 332 g/mol. The van der Waals surface area contributed by atoms with Gasteiger partial charge in [0.15, 0.2) is 0 Å². The average Bonchev–Trinajstić information content (AvgIpc) is 3.41. The molecule has 0 radical (unpaired) electrons. The molecule has 1 fully saturated rings. The summed E-state index contributed by atoms with van der Waals surface area (Å²) in [4.78, 5) is 27.1. The van der Waals surface area contributed by atoms with Gasteiger partial charge in [-0.3, -0.25) is 9.59 Å². The molecule has 1 saturated carbocycles. The summed E-state index contributed by atoms with van der Waals surface area (Å²) < 4.78 is 0. The Morgan fingerprint density at radius 2 is 1.75 bits per heavy atom. The maximum Gasteiger partial charge on any atom is 0.247 e. The van der Waals surface area contributed by atoms with E-state index in [0.29, 0.717) is 13.1 Å². The van der Waals surface area contributed by atoms with E-state index in [1.54, 1.807) is 4.90 Å². The van der Waals surface area contributed by atoms with Crippen molar-refractivity contribution in [2.24, 2.45) is 0 Å². The quantitative estimate of drug-likeness (QED) is 0.725. The summed E-state index contributed by atoms with van der Waals surface area (Å²) in [5.41, 5.74) is 0.445. The van der Waals surface area contributed by atoms with Crippen LogP contribution >= 0.6 is 0 Å². The highest BCUT2D eigenvalue weighted by molar-refractivity contribution is 5.95. The summed E-state index contributed by atoms with van der Waals surface area (Å²) in [6.07, 6.45) is 3.27. The van der Waals surface area contributed by atoms with Gasteiger partial charge in [0.2, 0.25) is 11.8 Å². The van der Waals surface area contributed by atoms with E-state index >= 15 is 0 Å². The maximum absolute atomic E-state index is 12.7. The second-order valence-corrected chi connectivity index (χ2v) is 6.48. The minimum atomic E-state index is -0.864. The molecule has 5 heteroatoms. The molecule has 132 valence electrons. The van der Waals surface area contributed by atoms with Gasteiger partial charge >= 0.3 is 0 Å². The SMILES string of the molecule is CCCN(CCC)C(=O)C(CO)NC(=O)C1(c2ccccc2)CC1. The number of aliphatic hydroxyl groups excluding tert-OH is 1. The van der Waals surface area contributed by atoms with Gasteiger partial charge in [-0.2, -0.15) is 0 Å². The monoisotopic (exact) mass is 332 g/mol. The standard InChI is InChI=1S/C19H28N2O3/c1-3-12-21(13-4-2)17(23)16(14-22)20-18(24)19(10-11-19)15-8-6-5-7-9-15/h5-9,16,22H,3-4,10-14H2,1-2H3,(H,20,24). The Bertz CT molecular complexity index is 549. The minimum Gasteiger partial charge on any atom is -0.394 e. The topological polar surface area (TPSA) is 69.6 Å². The van der Waals surface area contributed by atoms with Crippen molar-refractivity contribution in [1.82, 2.24) is 10.2 Å². The molecule has 2 amide bonds. The van der Waals surface area contributed by atoms with Crippen LogP contribution in [0.3, 0.4) is 0 Å². The van der Waals surface area contributed by atoms with Crippen LogP contribution in [0.1, 0.15) is 45.1 Å². The van der Waals surface area contributed by atoms with E-state index in [-0.39, 0.29) is 18.4 Å². The van der Waals surface area contributed by atoms with Gasteiger partial charge in [0, 0.05) is 13.1 Å². The number of hydrogen-bond donors (Lipinski definition) is 2. The Morgan fingerprint density at radius 3 is 2.21 bits per heavy atom. The molecular formula is C19H28N2O3. The normalized spacial score (nSPS) is 16.3. The van der Waals surface area contributed by atoms with E-state index in [4.69, 9.17) is 0 Å². The van der Waals surface area contributed by atoms with Crippen molar-refractivity contribution in [3.05, 3.63) is 35.9 Å². The molecule has 0 saturated heterocycles. The molecule has 0 bridgehead atoms. The van der Waals surface area contributed by atoms with Gasteiger partial charge in [-0.25, -0.2) is 0 Å². The molecule has 2 N–H and O–H groups in total. The number of hydrogen-bond acceptors (Lipinski definition) is 3. The summed E-state index contributed by atoms with van der Waals surface area (Å²) in [6.45, 7) is 4.93. The van der Waals surface area contributed by atoms with Crippen molar-refractivity contribution >= 4 is 11.8 Å². The molecule has 2 rings (SSSR count). The number of benzene rings is 1. The summed E-state index contributed by atoms with van der Waals surface area (Å²) in [5, 5.41) is 12.4. The van der Waals surface area contributed by atoms with Gasteiger partial charge in [-0.1, -0.05) is 44.2 Å². The van der Waals surface area contributed by atoms with E-state index in [9.17, 15) is 14.7 Å². The van der Waals surface area contributed by atoms with E-state index in [0.717, 1.165) is 31.2 Å². The van der Waals surface area contributed by atoms with Crippen molar-refractivity contribution in [2.45, 2.75) is 51.0 Å². The molecular weight excluding hydrogens is 304 g/mol. The van der Waals surface area contributed by atoms with Crippen LogP contribution in [0.2, 0.25) is 0 Å². The van der Waals surface area contributed by atoms with Gasteiger partial charge in [0.25, 0.3) is 0 Å². The van der Waals surface area contributed by atoms with E-state index in [1.165, 1.54) is 0 Å². The smallest absolute Gasteiger partial charge is 0.247 e. The molecule has 1 aromatic rings. The van der Waals surface area contributed by atoms with Gasteiger partial charge in [0.1, 0.15) is 6.04 Å². The first-order valence-electron chi connectivity index (χ1n) is 8.85. The summed E-state index contributed by atoms with van der Waals surface area (Å²) in [5.74, 6) is -0.354. The molecule has 1 aliphatic carbocycles. The molecule has 1 atom stereocenters. The third kappa shape index (κ3) is 3.96. The molecule has 0 aromatic heterocycles. The van der Waals surface area contributed by atoms with Crippen molar-refractivity contribution in [3.8, 4) is 0 Å². The molecule has 1 unspecified atom stereocenters. The molecule has 1 aromatic carbocycles. The van der Waals surface area contributed by atoms with Crippen LogP contribution in [-0.2, 0) is 15.0 Å². The Kier molecular flexibility index (Phi) is 6.37. The van der Waals surface area contributed by atoms with Crippen LogP contribution in [0.25, 0.3) is 0 Å². The van der Waals surface area contributed by atoms with E-state index in [2.05, 4.69) is 5.32 Å². The van der Waals surface area contributed by atoms with E-state index in [1.807, 2.05) is 44.2 Å². The van der Waals surface area contributed by atoms with Gasteiger partial charge in [-0.05, 0) is 31.2 Å². The first-order chi connectivity index (χ1) is 11.6. The van der Waals surface area contributed by atoms with Gasteiger partial charge in [-0.15, -0.1) is 0 Å². The third-order valence-corrected chi connectivity index (χ3v) is 4.60. The predicted octanol–water partition coefficient (Wildman–Crippen LogP) is 1.84. The lowest BCUT2D eigenvalue weighted by Crippen LogP contribution is -2.53. The first kappa shape index (κ1) is 18.5. The van der Waals surface area contributed by atoms with Gasteiger partial charge in [0.05, 0.1) is 12.0 Å². The van der Waals surface area contributed by atoms with Crippen molar-refractivity contribution < 1.29 is 14.7 Å². The van der Waals surface area contributed by atoms with Crippen LogP contribution in [-0.4, -0.2) is 47.6 Å². The van der Waals surface area contributed by atoms with Crippen LogP contribution in [0, 0.1) is 0 Å². The number of rotatable bonds is 9. The Hall–Kier alpha value is -1.88. The van der Waals surface area contributed by atoms with Crippen LogP contribution in [0.5, 0.6) is 0 Å².